The first-order valence-electron chi connectivity index (χ1n) is 5.89. The number of carboxylic acid groups (broad SMARTS) is 1. The Morgan fingerprint density at radius 3 is 2.56 bits per heavy atom. The van der Waals surface area contributed by atoms with Gasteiger partial charge in [-0.2, -0.15) is 0 Å². The summed E-state index contributed by atoms with van der Waals surface area (Å²) in [6.07, 6.45) is 0. The molecule has 0 aromatic heterocycles. The van der Waals surface area contributed by atoms with Gasteiger partial charge in [-0.25, -0.2) is 9.59 Å². The van der Waals surface area contributed by atoms with Gasteiger partial charge >= 0.3 is 12.0 Å². The predicted octanol–water partition coefficient (Wildman–Crippen LogP) is -0.374. The second-order valence-electron chi connectivity index (χ2n) is 4.77. The normalized spacial score (nSPS) is 21.4. The van der Waals surface area contributed by atoms with Crippen molar-refractivity contribution in [1.82, 2.24) is 15.5 Å². The third-order valence-electron chi connectivity index (χ3n) is 3.08. The number of urea groups is 1. The lowest BCUT2D eigenvalue weighted by Gasteiger charge is -2.34. The Balaban J connectivity index is 2.73. The second-order valence-corrected chi connectivity index (χ2v) is 4.77. The van der Waals surface area contributed by atoms with Crippen LogP contribution in [0.2, 0.25) is 0 Å². The van der Waals surface area contributed by atoms with E-state index in [1.165, 1.54) is 0 Å². The SMILES string of the molecule is CC(C)C(C)NC(=O)N1CC(=O)NCC1C(=O)O. The second kappa shape index (κ2) is 5.70. The highest BCUT2D eigenvalue weighted by Crippen LogP contribution is 2.07. The van der Waals surface area contributed by atoms with Gasteiger partial charge in [0.1, 0.15) is 12.6 Å². The third-order valence-corrected chi connectivity index (χ3v) is 3.08. The summed E-state index contributed by atoms with van der Waals surface area (Å²) in [6.45, 7) is 5.44. The van der Waals surface area contributed by atoms with E-state index in [4.69, 9.17) is 5.11 Å². The van der Waals surface area contributed by atoms with Crippen molar-refractivity contribution in [3.8, 4) is 0 Å². The number of nitrogens with zero attached hydrogens (tertiary/aromatic N) is 1. The summed E-state index contributed by atoms with van der Waals surface area (Å²) >= 11 is 0. The topological polar surface area (TPSA) is 98.7 Å². The van der Waals surface area contributed by atoms with Gasteiger partial charge in [0.15, 0.2) is 0 Å². The molecule has 2 atom stereocenters. The zero-order valence-corrected chi connectivity index (χ0v) is 10.8. The van der Waals surface area contributed by atoms with Gasteiger partial charge in [0.2, 0.25) is 5.91 Å². The Bertz CT molecular complexity index is 356. The molecule has 1 rings (SSSR count). The molecule has 1 aliphatic heterocycles. The molecule has 1 aliphatic rings. The lowest BCUT2D eigenvalue weighted by Crippen LogP contribution is -2.62. The van der Waals surface area contributed by atoms with Crippen LogP contribution in [0.15, 0.2) is 0 Å². The molecule has 0 radical (unpaired) electrons. The number of rotatable bonds is 3. The smallest absolute Gasteiger partial charge is 0.328 e. The van der Waals surface area contributed by atoms with Gasteiger partial charge in [-0.1, -0.05) is 13.8 Å². The molecule has 0 spiro atoms. The lowest BCUT2D eigenvalue weighted by molar-refractivity contribution is -0.144. The number of nitrogens with one attached hydrogen (secondary N) is 2. The molecular formula is C11H19N3O4. The van der Waals surface area contributed by atoms with Crippen LogP contribution in [0.1, 0.15) is 20.8 Å². The number of piperazine rings is 1. The van der Waals surface area contributed by atoms with Crippen LogP contribution in [0.25, 0.3) is 0 Å². The van der Waals surface area contributed by atoms with E-state index in [2.05, 4.69) is 10.6 Å². The van der Waals surface area contributed by atoms with Gasteiger partial charge in [-0.05, 0) is 12.8 Å². The average molecular weight is 257 g/mol. The van der Waals surface area contributed by atoms with Crippen LogP contribution >= 0.6 is 0 Å². The molecule has 7 heteroatoms. The largest absolute Gasteiger partial charge is 0.480 e. The Labute approximate surface area is 106 Å². The van der Waals surface area contributed by atoms with Crippen molar-refractivity contribution in [3.63, 3.8) is 0 Å². The molecule has 0 aromatic carbocycles. The fraction of sp³-hybridized carbons (Fsp3) is 0.727. The Morgan fingerprint density at radius 2 is 2.06 bits per heavy atom. The number of carboxylic acids is 1. The van der Waals surface area contributed by atoms with Crippen molar-refractivity contribution in [3.05, 3.63) is 0 Å². The van der Waals surface area contributed by atoms with Crippen molar-refractivity contribution in [1.29, 1.82) is 0 Å². The van der Waals surface area contributed by atoms with E-state index >= 15 is 0 Å². The van der Waals surface area contributed by atoms with Crippen LogP contribution in [0.3, 0.4) is 0 Å². The molecule has 3 N–H and O–H groups in total. The highest BCUT2D eigenvalue weighted by Gasteiger charge is 2.35. The van der Waals surface area contributed by atoms with E-state index in [9.17, 15) is 14.4 Å². The Hall–Kier alpha value is -1.79. The lowest BCUT2D eigenvalue weighted by atomic mass is 10.1. The summed E-state index contributed by atoms with van der Waals surface area (Å²) in [4.78, 5) is 35.3. The van der Waals surface area contributed by atoms with E-state index in [-0.39, 0.29) is 31.0 Å². The highest BCUT2D eigenvalue weighted by molar-refractivity contribution is 5.90. The maximum absolute atomic E-state index is 11.9. The number of amides is 3. The van der Waals surface area contributed by atoms with Gasteiger partial charge in [0, 0.05) is 12.6 Å². The molecule has 1 saturated heterocycles. The molecular weight excluding hydrogens is 238 g/mol. The molecule has 0 bridgehead atoms. The summed E-state index contributed by atoms with van der Waals surface area (Å²) in [6, 6.07) is -1.61. The van der Waals surface area contributed by atoms with E-state index in [0.29, 0.717) is 0 Å². The summed E-state index contributed by atoms with van der Waals surface area (Å²) < 4.78 is 0. The molecule has 3 amide bonds. The average Bonchev–Trinajstić information content (AvgIpc) is 2.28. The van der Waals surface area contributed by atoms with Crippen molar-refractivity contribution in [2.45, 2.75) is 32.9 Å². The minimum absolute atomic E-state index is 0.0579. The zero-order valence-electron chi connectivity index (χ0n) is 10.8. The summed E-state index contributed by atoms with van der Waals surface area (Å²) in [5.41, 5.74) is 0. The first-order chi connectivity index (χ1) is 8.32. The molecule has 1 heterocycles. The predicted molar refractivity (Wildman–Crippen MR) is 64.0 cm³/mol. The molecule has 0 saturated carbocycles. The third kappa shape index (κ3) is 3.35. The number of carbonyl (C=O) groups is 3. The molecule has 0 aliphatic carbocycles. The minimum atomic E-state index is -1.12. The first-order valence-corrected chi connectivity index (χ1v) is 5.89. The number of aliphatic carboxylic acids is 1. The Morgan fingerprint density at radius 1 is 1.44 bits per heavy atom. The molecule has 18 heavy (non-hydrogen) atoms. The maximum Gasteiger partial charge on any atom is 0.328 e. The van der Waals surface area contributed by atoms with E-state index < -0.39 is 18.0 Å². The van der Waals surface area contributed by atoms with Crippen molar-refractivity contribution in [2.75, 3.05) is 13.1 Å². The van der Waals surface area contributed by atoms with E-state index in [0.717, 1.165) is 4.90 Å². The highest BCUT2D eigenvalue weighted by atomic mass is 16.4. The summed E-state index contributed by atoms with van der Waals surface area (Å²) in [7, 11) is 0. The molecule has 2 unspecified atom stereocenters. The van der Waals surface area contributed by atoms with Crippen LogP contribution in [0.4, 0.5) is 4.79 Å². The van der Waals surface area contributed by atoms with Gasteiger partial charge in [0.05, 0.1) is 0 Å². The quantitative estimate of drug-likeness (QED) is 0.642. The van der Waals surface area contributed by atoms with Crippen LogP contribution in [-0.4, -0.2) is 53.1 Å². The van der Waals surface area contributed by atoms with Crippen LogP contribution in [0, 0.1) is 5.92 Å². The number of carbonyl (C=O) groups excluding carboxylic acids is 2. The minimum Gasteiger partial charge on any atom is -0.480 e. The van der Waals surface area contributed by atoms with Crippen LogP contribution < -0.4 is 10.6 Å². The van der Waals surface area contributed by atoms with Gasteiger partial charge in [-0.15, -0.1) is 0 Å². The standard InChI is InChI=1S/C11H19N3O4/c1-6(2)7(3)13-11(18)14-5-9(15)12-4-8(14)10(16)17/h6-8H,4-5H2,1-3H3,(H,12,15)(H,13,18)(H,16,17). The fourth-order valence-corrected chi connectivity index (χ4v) is 1.52. The number of hydrogen-bond acceptors (Lipinski definition) is 3. The van der Waals surface area contributed by atoms with E-state index in [1.807, 2.05) is 20.8 Å². The maximum atomic E-state index is 11.9. The zero-order chi connectivity index (χ0) is 13.9. The van der Waals surface area contributed by atoms with Crippen molar-refractivity contribution in [2.24, 2.45) is 5.92 Å². The van der Waals surface area contributed by atoms with E-state index in [1.54, 1.807) is 0 Å². The van der Waals surface area contributed by atoms with Crippen LogP contribution in [0.5, 0.6) is 0 Å². The van der Waals surface area contributed by atoms with Crippen molar-refractivity contribution >= 4 is 17.9 Å². The molecule has 1 fully saturated rings. The summed E-state index contributed by atoms with van der Waals surface area (Å²) in [5, 5.41) is 14.1. The molecule has 102 valence electrons. The number of hydrogen-bond donors (Lipinski definition) is 3. The summed E-state index contributed by atoms with van der Waals surface area (Å²) in [5.74, 6) is -1.24. The van der Waals surface area contributed by atoms with Gasteiger partial charge < -0.3 is 15.7 Å². The molecule has 0 aromatic rings. The van der Waals surface area contributed by atoms with Gasteiger partial charge in [0.25, 0.3) is 0 Å². The van der Waals surface area contributed by atoms with Crippen molar-refractivity contribution < 1.29 is 19.5 Å². The molecule has 7 nitrogen and oxygen atoms in total. The van der Waals surface area contributed by atoms with Gasteiger partial charge in [-0.3, -0.25) is 9.69 Å². The first kappa shape index (κ1) is 14.3. The Kier molecular flexibility index (Phi) is 4.52. The van der Waals surface area contributed by atoms with Crippen LogP contribution in [-0.2, 0) is 9.59 Å². The monoisotopic (exact) mass is 257 g/mol. The fourth-order valence-electron chi connectivity index (χ4n) is 1.52.